The molecule has 7 heteroatoms. The molecule has 2 N–H and O–H groups in total. The number of thioether (sulfide) groups is 2. The molecule has 0 saturated heterocycles. The Morgan fingerprint density at radius 1 is 1.17 bits per heavy atom. The third kappa shape index (κ3) is 11.9. The summed E-state index contributed by atoms with van der Waals surface area (Å²) in [6, 6.07) is 0. The fourth-order valence-corrected chi connectivity index (χ4v) is 4.96. The lowest BCUT2D eigenvalue weighted by atomic mass is 10.1. The highest BCUT2D eigenvalue weighted by molar-refractivity contribution is 14.1. The maximum atomic E-state index is 11.0. The molecule has 0 rings (SSSR count). The normalized spacial score (nSPS) is 14.6. The molecule has 0 saturated carbocycles. The van der Waals surface area contributed by atoms with Crippen LogP contribution in [0.15, 0.2) is 0 Å². The average Bonchev–Trinajstić information content (AvgIpc) is 2.56. The van der Waals surface area contributed by atoms with Crippen molar-refractivity contribution in [3.05, 3.63) is 0 Å². The number of halogens is 1. The molecule has 0 aliphatic carbocycles. The van der Waals surface area contributed by atoms with Gasteiger partial charge >= 0.3 is 5.97 Å². The summed E-state index contributed by atoms with van der Waals surface area (Å²) < 4.78 is 4.67. The van der Waals surface area contributed by atoms with Crippen LogP contribution in [-0.4, -0.2) is 55.5 Å². The van der Waals surface area contributed by atoms with Crippen LogP contribution >= 0.6 is 46.1 Å². The van der Waals surface area contributed by atoms with Crippen molar-refractivity contribution >= 4 is 52.1 Å². The molecule has 4 nitrogen and oxygen atoms in total. The van der Waals surface area contributed by atoms with Gasteiger partial charge in [0.2, 0.25) is 0 Å². The number of aliphatic hydroxyl groups excluding tert-OH is 2. The minimum absolute atomic E-state index is 0.00994. The summed E-state index contributed by atoms with van der Waals surface area (Å²) in [6.07, 6.45) is 1.61. The first-order valence-corrected chi connectivity index (χ1v) is 11.6. The van der Waals surface area contributed by atoms with E-state index in [4.69, 9.17) is 0 Å². The van der Waals surface area contributed by atoms with Crippen molar-refractivity contribution in [3.8, 4) is 11.8 Å². The van der Waals surface area contributed by atoms with E-state index in [9.17, 15) is 15.0 Å². The summed E-state index contributed by atoms with van der Waals surface area (Å²) in [5.74, 6) is 7.77. The molecule has 0 bridgehead atoms. The van der Waals surface area contributed by atoms with Crippen molar-refractivity contribution in [2.75, 3.05) is 18.6 Å². The maximum Gasteiger partial charge on any atom is 0.305 e. The van der Waals surface area contributed by atoms with Crippen molar-refractivity contribution in [1.29, 1.82) is 0 Å². The number of esters is 1. The number of rotatable bonds is 12. The zero-order chi connectivity index (χ0) is 18.4. The third-order valence-electron chi connectivity index (χ3n) is 3.21. The maximum absolute atomic E-state index is 11.0. The molecule has 0 aromatic carbocycles. The monoisotopic (exact) mass is 488 g/mol. The molecule has 24 heavy (non-hydrogen) atoms. The molecule has 0 fully saturated rings. The Morgan fingerprint density at radius 2 is 1.79 bits per heavy atom. The van der Waals surface area contributed by atoms with Crippen molar-refractivity contribution < 1.29 is 19.7 Å². The van der Waals surface area contributed by atoms with Crippen LogP contribution < -0.4 is 0 Å². The topological polar surface area (TPSA) is 66.8 Å². The second kappa shape index (κ2) is 15.6. The number of hydrogen-bond donors (Lipinski definition) is 2. The zero-order valence-corrected chi connectivity index (χ0v) is 18.5. The minimum atomic E-state index is -0.567. The first kappa shape index (κ1) is 24.4. The summed E-state index contributed by atoms with van der Waals surface area (Å²) in [4.78, 5) is 11.0. The summed E-state index contributed by atoms with van der Waals surface area (Å²) >= 11 is 5.65. The first-order chi connectivity index (χ1) is 11.5. The SMILES string of the molecule is CCSC(SCC)[C@H](O)C[C@H](O)[C@H](I)CC#CCCCC(=O)OC. The molecule has 0 amide bonds. The number of methoxy groups -OCH3 is 1. The van der Waals surface area contributed by atoms with Gasteiger partial charge in [-0.05, 0) is 17.9 Å². The van der Waals surface area contributed by atoms with Crippen molar-refractivity contribution in [2.45, 2.75) is 66.7 Å². The summed E-state index contributed by atoms with van der Waals surface area (Å²) in [5.41, 5.74) is 0. The Morgan fingerprint density at radius 3 is 2.33 bits per heavy atom. The van der Waals surface area contributed by atoms with E-state index < -0.39 is 12.2 Å². The lowest BCUT2D eigenvalue weighted by Gasteiger charge is -2.25. The highest BCUT2D eigenvalue weighted by Gasteiger charge is 2.25. The highest BCUT2D eigenvalue weighted by atomic mass is 127. The van der Waals surface area contributed by atoms with Gasteiger partial charge in [0.1, 0.15) is 0 Å². The predicted molar refractivity (Wildman–Crippen MR) is 113 cm³/mol. The zero-order valence-electron chi connectivity index (χ0n) is 14.7. The second-order valence-electron chi connectivity index (χ2n) is 5.15. The number of ether oxygens (including phenoxy) is 1. The average molecular weight is 488 g/mol. The van der Waals surface area contributed by atoms with E-state index in [1.165, 1.54) is 7.11 Å². The molecule has 0 spiro atoms. The Balaban J connectivity index is 4.13. The standard InChI is InChI=1S/C17H29IO4S2/c1-4-23-17(24-5-2)15(20)12-14(19)13(18)10-8-6-7-9-11-16(21)22-3/h13-15,17,19-20H,4-5,7,9-12H2,1-3H3/t13-,14+,15-/m1/s1. The van der Waals surface area contributed by atoms with E-state index in [1.807, 2.05) is 0 Å². The van der Waals surface area contributed by atoms with Crippen LogP contribution in [0.4, 0.5) is 0 Å². The van der Waals surface area contributed by atoms with E-state index >= 15 is 0 Å². The van der Waals surface area contributed by atoms with Crippen molar-refractivity contribution in [2.24, 2.45) is 0 Å². The van der Waals surface area contributed by atoms with Gasteiger partial charge in [-0.2, -0.15) is 0 Å². The number of unbranched alkanes of at least 4 members (excludes halogenated alkanes) is 1. The molecule has 140 valence electrons. The molecule has 0 unspecified atom stereocenters. The fourth-order valence-electron chi connectivity index (χ4n) is 1.92. The van der Waals surface area contributed by atoms with Crippen LogP contribution in [0.2, 0.25) is 0 Å². The Kier molecular flexibility index (Phi) is 15.9. The smallest absolute Gasteiger partial charge is 0.305 e. The van der Waals surface area contributed by atoms with Crippen LogP contribution in [0.5, 0.6) is 0 Å². The number of carbonyl (C=O) groups is 1. The van der Waals surface area contributed by atoms with Gasteiger partial charge in [-0.15, -0.1) is 35.4 Å². The fraction of sp³-hybridized carbons (Fsp3) is 0.824. The molecule has 0 heterocycles. The first-order valence-electron chi connectivity index (χ1n) is 8.22. The Hall–Kier alpha value is 0.380. The van der Waals surface area contributed by atoms with E-state index in [-0.39, 0.29) is 14.5 Å². The number of aliphatic hydroxyl groups is 2. The van der Waals surface area contributed by atoms with Crippen LogP contribution in [-0.2, 0) is 9.53 Å². The lowest BCUT2D eigenvalue weighted by Crippen LogP contribution is -2.30. The molecule has 0 aliphatic rings. The largest absolute Gasteiger partial charge is 0.469 e. The van der Waals surface area contributed by atoms with Crippen molar-refractivity contribution in [3.63, 3.8) is 0 Å². The molecule has 0 aromatic heterocycles. The summed E-state index contributed by atoms with van der Waals surface area (Å²) in [7, 11) is 1.38. The van der Waals surface area contributed by atoms with E-state index in [0.717, 1.165) is 11.5 Å². The molecular weight excluding hydrogens is 459 g/mol. The second-order valence-corrected chi connectivity index (χ2v) is 9.89. The van der Waals surface area contributed by atoms with Gasteiger partial charge in [0.15, 0.2) is 0 Å². The number of alkyl halides is 1. The predicted octanol–water partition coefficient (Wildman–Crippen LogP) is 3.47. The van der Waals surface area contributed by atoms with Crippen LogP contribution in [0, 0.1) is 11.8 Å². The van der Waals surface area contributed by atoms with Crippen molar-refractivity contribution in [1.82, 2.24) is 0 Å². The minimum Gasteiger partial charge on any atom is -0.469 e. The molecular formula is C17H29IO4S2. The van der Waals surface area contributed by atoms with Gasteiger partial charge in [-0.25, -0.2) is 0 Å². The van der Waals surface area contributed by atoms with Crippen LogP contribution in [0.3, 0.4) is 0 Å². The molecule has 0 aromatic rings. The number of hydrogen-bond acceptors (Lipinski definition) is 6. The Labute approximate surface area is 168 Å². The molecule has 3 atom stereocenters. The number of carbonyl (C=O) groups excluding carboxylic acids is 1. The summed E-state index contributed by atoms with van der Waals surface area (Å²) in [5, 5.41) is 20.6. The highest BCUT2D eigenvalue weighted by Crippen LogP contribution is 2.29. The van der Waals surface area contributed by atoms with Gasteiger partial charge in [0.05, 0.1) is 23.9 Å². The van der Waals surface area contributed by atoms with Gasteiger partial charge in [-0.3, -0.25) is 4.79 Å². The molecule has 0 aliphatic heterocycles. The molecule has 0 radical (unpaired) electrons. The van der Waals surface area contributed by atoms with Gasteiger partial charge in [0, 0.05) is 29.6 Å². The van der Waals surface area contributed by atoms with E-state index in [1.54, 1.807) is 23.5 Å². The van der Waals surface area contributed by atoms with E-state index in [0.29, 0.717) is 32.1 Å². The van der Waals surface area contributed by atoms with Crippen LogP contribution in [0.25, 0.3) is 0 Å². The van der Waals surface area contributed by atoms with Gasteiger partial charge < -0.3 is 14.9 Å². The lowest BCUT2D eigenvalue weighted by molar-refractivity contribution is -0.140. The third-order valence-corrected chi connectivity index (χ3v) is 7.25. The van der Waals surface area contributed by atoms with Crippen LogP contribution in [0.1, 0.15) is 46.0 Å². The van der Waals surface area contributed by atoms with Gasteiger partial charge in [-0.1, -0.05) is 36.4 Å². The summed E-state index contributed by atoms with van der Waals surface area (Å²) in [6.45, 7) is 4.15. The van der Waals surface area contributed by atoms with Gasteiger partial charge in [0.25, 0.3) is 0 Å². The Bertz CT molecular complexity index is 392. The quantitative estimate of drug-likeness (QED) is 0.110. The van der Waals surface area contributed by atoms with E-state index in [2.05, 4.69) is 53.0 Å².